The Balaban J connectivity index is 2.16. The van der Waals surface area contributed by atoms with Crippen LogP contribution in [0.25, 0.3) is 0 Å². The smallest absolute Gasteiger partial charge is 0.251 e. The van der Waals surface area contributed by atoms with Gasteiger partial charge in [-0.05, 0) is 63.7 Å². The van der Waals surface area contributed by atoms with Gasteiger partial charge in [-0.1, -0.05) is 18.2 Å². The van der Waals surface area contributed by atoms with Gasteiger partial charge in [0.25, 0.3) is 5.91 Å². The molecule has 1 atom stereocenters. The zero-order chi connectivity index (χ0) is 19.3. The van der Waals surface area contributed by atoms with Crippen LogP contribution in [-0.2, 0) is 10.0 Å². The molecule has 0 fully saturated rings. The zero-order valence-electron chi connectivity index (χ0n) is 15.3. The molecule has 2 aromatic carbocycles. The van der Waals surface area contributed by atoms with Gasteiger partial charge in [-0.2, -0.15) is 0 Å². The van der Waals surface area contributed by atoms with E-state index in [1.165, 1.54) is 19.2 Å². The highest BCUT2D eigenvalue weighted by molar-refractivity contribution is 7.89. The molecule has 1 amide bonds. The second-order valence-corrected chi connectivity index (χ2v) is 8.06. The van der Waals surface area contributed by atoms with E-state index < -0.39 is 10.0 Å². The first kappa shape index (κ1) is 19.9. The lowest BCUT2D eigenvalue weighted by Gasteiger charge is -2.17. The van der Waals surface area contributed by atoms with Crippen molar-refractivity contribution in [1.82, 2.24) is 10.0 Å². The van der Waals surface area contributed by atoms with E-state index in [1.54, 1.807) is 12.1 Å². The zero-order valence-corrected chi connectivity index (χ0v) is 16.1. The van der Waals surface area contributed by atoms with Gasteiger partial charge in [0, 0.05) is 5.56 Å². The van der Waals surface area contributed by atoms with E-state index in [-0.39, 0.29) is 28.5 Å². The summed E-state index contributed by atoms with van der Waals surface area (Å²) >= 11 is 0. The number of amides is 1. The average molecular weight is 376 g/mol. The summed E-state index contributed by atoms with van der Waals surface area (Å²) in [6.45, 7) is 5.76. The fourth-order valence-electron chi connectivity index (χ4n) is 2.42. The second kappa shape index (κ2) is 8.33. The molecule has 0 saturated heterocycles. The Bertz CT molecular complexity index is 879. The predicted octanol–water partition coefficient (Wildman–Crippen LogP) is 2.87. The van der Waals surface area contributed by atoms with E-state index in [0.29, 0.717) is 0 Å². The Labute approximate surface area is 154 Å². The number of hydrogen-bond donors (Lipinski definition) is 2. The molecule has 0 aliphatic rings. The Morgan fingerprint density at radius 2 is 1.73 bits per heavy atom. The van der Waals surface area contributed by atoms with Crippen LogP contribution in [0.15, 0.2) is 53.4 Å². The Hall–Kier alpha value is -2.38. The van der Waals surface area contributed by atoms with Gasteiger partial charge in [0.15, 0.2) is 0 Å². The molecule has 0 aromatic heterocycles. The van der Waals surface area contributed by atoms with Crippen molar-refractivity contribution in [3.63, 3.8) is 0 Å². The molecule has 26 heavy (non-hydrogen) atoms. The first-order valence-corrected chi connectivity index (χ1v) is 9.82. The van der Waals surface area contributed by atoms with Crippen LogP contribution < -0.4 is 14.8 Å². The molecule has 0 saturated carbocycles. The van der Waals surface area contributed by atoms with Crippen molar-refractivity contribution in [3.05, 3.63) is 59.7 Å². The molecule has 7 heteroatoms. The summed E-state index contributed by atoms with van der Waals surface area (Å²) in [5.74, 6) is 0.390. The fourth-order valence-corrected chi connectivity index (χ4v) is 3.19. The molecule has 140 valence electrons. The van der Waals surface area contributed by atoms with Crippen LogP contribution >= 0.6 is 0 Å². The lowest BCUT2D eigenvalue weighted by Crippen LogP contribution is -2.27. The number of nitrogens with one attached hydrogen (secondary N) is 2. The van der Waals surface area contributed by atoms with E-state index in [0.717, 1.165) is 11.3 Å². The number of rotatable bonds is 7. The summed E-state index contributed by atoms with van der Waals surface area (Å²) in [4.78, 5) is 12.5. The Morgan fingerprint density at radius 1 is 1.04 bits per heavy atom. The minimum absolute atomic E-state index is 0.0487. The minimum atomic E-state index is -3.60. The number of hydrogen-bond acceptors (Lipinski definition) is 4. The number of sulfonamides is 1. The SMILES string of the molecule is CNS(=O)(=O)c1cccc(C(=O)NC(C)c2cccc(OC(C)C)c2)c1. The molecule has 0 radical (unpaired) electrons. The maximum Gasteiger partial charge on any atom is 0.251 e. The van der Waals surface area contributed by atoms with Crippen LogP contribution in [-0.4, -0.2) is 27.5 Å². The van der Waals surface area contributed by atoms with Crippen molar-refractivity contribution in [2.75, 3.05) is 7.05 Å². The van der Waals surface area contributed by atoms with Crippen molar-refractivity contribution in [2.24, 2.45) is 0 Å². The molecule has 0 aliphatic heterocycles. The van der Waals surface area contributed by atoms with Gasteiger partial charge >= 0.3 is 0 Å². The Kier molecular flexibility index (Phi) is 6.39. The number of carbonyl (C=O) groups is 1. The van der Waals surface area contributed by atoms with Crippen LogP contribution in [0.3, 0.4) is 0 Å². The fraction of sp³-hybridized carbons (Fsp3) is 0.316. The lowest BCUT2D eigenvalue weighted by molar-refractivity contribution is 0.0939. The molecule has 0 aliphatic carbocycles. The van der Waals surface area contributed by atoms with E-state index in [9.17, 15) is 13.2 Å². The van der Waals surface area contributed by atoms with E-state index in [1.807, 2.05) is 45.0 Å². The minimum Gasteiger partial charge on any atom is -0.491 e. The van der Waals surface area contributed by atoms with Crippen LogP contribution in [0.2, 0.25) is 0 Å². The maximum absolute atomic E-state index is 12.5. The van der Waals surface area contributed by atoms with Gasteiger partial charge in [0.2, 0.25) is 10.0 Å². The third-order valence-corrected chi connectivity index (χ3v) is 5.16. The van der Waals surface area contributed by atoms with Gasteiger partial charge < -0.3 is 10.1 Å². The molecule has 0 spiro atoms. The number of benzene rings is 2. The molecule has 0 bridgehead atoms. The first-order chi connectivity index (χ1) is 12.2. The molecule has 6 nitrogen and oxygen atoms in total. The topological polar surface area (TPSA) is 84.5 Å². The lowest BCUT2D eigenvalue weighted by atomic mass is 10.1. The van der Waals surface area contributed by atoms with Crippen LogP contribution in [0.4, 0.5) is 0 Å². The number of carbonyl (C=O) groups excluding carboxylic acids is 1. The second-order valence-electron chi connectivity index (χ2n) is 6.17. The first-order valence-electron chi connectivity index (χ1n) is 8.34. The molecule has 2 rings (SSSR count). The van der Waals surface area contributed by atoms with Gasteiger partial charge in [-0.15, -0.1) is 0 Å². The number of ether oxygens (including phenoxy) is 1. The van der Waals surface area contributed by atoms with Crippen LogP contribution in [0, 0.1) is 0 Å². The van der Waals surface area contributed by atoms with E-state index >= 15 is 0 Å². The van der Waals surface area contributed by atoms with Crippen LogP contribution in [0.1, 0.15) is 42.7 Å². The predicted molar refractivity (Wildman–Crippen MR) is 101 cm³/mol. The van der Waals surface area contributed by atoms with Crippen molar-refractivity contribution in [3.8, 4) is 5.75 Å². The highest BCUT2D eigenvalue weighted by Gasteiger charge is 2.16. The summed E-state index contributed by atoms with van der Waals surface area (Å²) < 4.78 is 31.7. The van der Waals surface area contributed by atoms with E-state index in [4.69, 9.17) is 4.74 Å². The summed E-state index contributed by atoms with van der Waals surface area (Å²) in [6.07, 6.45) is 0.0620. The summed E-state index contributed by atoms with van der Waals surface area (Å²) in [5.41, 5.74) is 1.18. The average Bonchev–Trinajstić information content (AvgIpc) is 2.61. The van der Waals surface area contributed by atoms with Gasteiger partial charge in [0.1, 0.15) is 5.75 Å². The van der Waals surface area contributed by atoms with Crippen molar-refractivity contribution in [2.45, 2.75) is 37.8 Å². The normalized spacial score (nSPS) is 12.7. The molecule has 0 heterocycles. The molecule has 1 unspecified atom stereocenters. The van der Waals surface area contributed by atoms with E-state index in [2.05, 4.69) is 10.0 Å². The largest absolute Gasteiger partial charge is 0.491 e. The summed E-state index contributed by atoms with van der Waals surface area (Å²) in [5, 5.41) is 2.88. The highest BCUT2D eigenvalue weighted by Crippen LogP contribution is 2.21. The third-order valence-electron chi connectivity index (χ3n) is 3.75. The molecule has 2 aromatic rings. The molecule has 2 N–H and O–H groups in total. The monoisotopic (exact) mass is 376 g/mol. The van der Waals surface area contributed by atoms with Gasteiger partial charge in [0.05, 0.1) is 17.0 Å². The molecular weight excluding hydrogens is 352 g/mol. The quantitative estimate of drug-likeness (QED) is 0.778. The summed E-state index contributed by atoms with van der Waals surface area (Å²) in [7, 11) is -2.27. The van der Waals surface area contributed by atoms with Crippen molar-refractivity contribution >= 4 is 15.9 Å². The van der Waals surface area contributed by atoms with Gasteiger partial charge in [-0.3, -0.25) is 4.79 Å². The Morgan fingerprint density at radius 3 is 2.38 bits per heavy atom. The third kappa shape index (κ3) is 5.06. The van der Waals surface area contributed by atoms with Gasteiger partial charge in [-0.25, -0.2) is 13.1 Å². The van der Waals surface area contributed by atoms with Crippen molar-refractivity contribution < 1.29 is 17.9 Å². The van der Waals surface area contributed by atoms with Crippen molar-refractivity contribution in [1.29, 1.82) is 0 Å². The maximum atomic E-state index is 12.5. The highest BCUT2D eigenvalue weighted by atomic mass is 32.2. The van der Waals surface area contributed by atoms with Crippen LogP contribution in [0.5, 0.6) is 5.75 Å². The molecular formula is C19H24N2O4S. The standard InChI is InChI=1S/C19H24N2O4S/c1-13(2)25-17-9-5-7-15(11-17)14(3)21-19(22)16-8-6-10-18(12-16)26(23,24)20-4/h5-14,20H,1-4H3,(H,21,22). The summed E-state index contributed by atoms with van der Waals surface area (Å²) in [6, 6.07) is 13.2.